The summed E-state index contributed by atoms with van der Waals surface area (Å²) in [5.41, 5.74) is 1.64. The maximum atomic E-state index is 5.85. The van der Waals surface area contributed by atoms with E-state index in [1.807, 2.05) is 48.5 Å². The lowest BCUT2D eigenvalue weighted by molar-refractivity contribution is 0.304. The molecule has 4 heteroatoms. The third-order valence-corrected chi connectivity index (χ3v) is 5.49. The molecule has 0 N–H and O–H groups in total. The molecule has 2 rings (SSSR count). The fourth-order valence-electron chi connectivity index (χ4n) is 3.48. The maximum absolute atomic E-state index is 5.85. The molecule has 0 aliphatic rings. The molecule has 0 saturated carbocycles. The highest BCUT2D eigenvalue weighted by Crippen LogP contribution is 2.23. The van der Waals surface area contributed by atoms with E-state index >= 15 is 0 Å². The zero-order chi connectivity index (χ0) is 22.7. The number of azo groups is 1. The van der Waals surface area contributed by atoms with Crippen LogP contribution in [0.2, 0.25) is 0 Å². The average molecular weight is 439 g/mol. The monoisotopic (exact) mass is 438 g/mol. The first kappa shape index (κ1) is 25.9. The van der Waals surface area contributed by atoms with E-state index in [0.29, 0.717) is 0 Å². The Morgan fingerprint density at radius 3 is 1.22 bits per heavy atom. The van der Waals surface area contributed by atoms with Gasteiger partial charge in [-0.3, -0.25) is 0 Å². The maximum Gasteiger partial charge on any atom is 0.119 e. The average Bonchev–Trinajstić information content (AvgIpc) is 2.83. The molecule has 32 heavy (non-hydrogen) atoms. The number of benzene rings is 2. The normalized spacial score (nSPS) is 11.2. The van der Waals surface area contributed by atoms with Gasteiger partial charge in [-0.2, -0.15) is 10.2 Å². The van der Waals surface area contributed by atoms with Gasteiger partial charge in [-0.1, -0.05) is 78.1 Å². The zero-order valence-corrected chi connectivity index (χ0v) is 20.2. The number of nitrogens with zero attached hydrogens (tertiary/aromatic N) is 2. The summed E-state index contributed by atoms with van der Waals surface area (Å²) in [6.07, 6.45) is 15.3. The highest BCUT2D eigenvalue weighted by Gasteiger charge is 1.98. The van der Waals surface area contributed by atoms with Crippen molar-refractivity contribution in [2.24, 2.45) is 10.2 Å². The number of unbranched alkanes of at least 4 members (excludes halogenated alkanes) is 10. The van der Waals surface area contributed by atoms with Gasteiger partial charge < -0.3 is 9.47 Å². The van der Waals surface area contributed by atoms with Crippen molar-refractivity contribution in [1.29, 1.82) is 0 Å². The topological polar surface area (TPSA) is 43.2 Å². The smallest absolute Gasteiger partial charge is 0.119 e. The summed E-state index contributed by atoms with van der Waals surface area (Å²) < 4.78 is 11.6. The van der Waals surface area contributed by atoms with Gasteiger partial charge in [-0.05, 0) is 61.4 Å². The van der Waals surface area contributed by atoms with Gasteiger partial charge in [0, 0.05) is 0 Å². The van der Waals surface area contributed by atoms with Crippen molar-refractivity contribution >= 4 is 11.4 Å². The van der Waals surface area contributed by atoms with E-state index in [0.717, 1.165) is 48.9 Å². The van der Waals surface area contributed by atoms with Crippen LogP contribution in [0.15, 0.2) is 58.8 Å². The van der Waals surface area contributed by atoms with Crippen molar-refractivity contribution in [3.63, 3.8) is 0 Å². The van der Waals surface area contributed by atoms with E-state index in [1.165, 1.54) is 64.2 Å². The van der Waals surface area contributed by atoms with Crippen molar-refractivity contribution in [2.45, 2.75) is 90.9 Å². The molecule has 0 heterocycles. The van der Waals surface area contributed by atoms with Crippen LogP contribution in [0.4, 0.5) is 11.4 Å². The summed E-state index contributed by atoms with van der Waals surface area (Å²) in [7, 11) is 0. The number of rotatable bonds is 18. The Morgan fingerprint density at radius 1 is 0.469 bits per heavy atom. The van der Waals surface area contributed by atoms with Gasteiger partial charge in [0.2, 0.25) is 0 Å². The summed E-state index contributed by atoms with van der Waals surface area (Å²) >= 11 is 0. The number of ether oxygens (including phenoxy) is 2. The van der Waals surface area contributed by atoms with Gasteiger partial charge in [0.1, 0.15) is 11.5 Å². The van der Waals surface area contributed by atoms with E-state index < -0.39 is 0 Å². The molecule has 0 aliphatic heterocycles. The molecule has 176 valence electrons. The Labute approximate surface area is 195 Å². The van der Waals surface area contributed by atoms with Gasteiger partial charge in [-0.15, -0.1) is 0 Å². The van der Waals surface area contributed by atoms with E-state index in [2.05, 4.69) is 24.1 Å². The number of hydrogen-bond donors (Lipinski definition) is 0. The molecule has 0 bridgehead atoms. The van der Waals surface area contributed by atoms with E-state index in [-0.39, 0.29) is 0 Å². The molecule has 2 aromatic carbocycles. The van der Waals surface area contributed by atoms with E-state index in [4.69, 9.17) is 9.47 Å². The lowest BCUT2D eigenvalue weighted by atomic mass is 10.1. The zero-order valence-electron chi connectivity index (χ0n) is 20.2. The van der Waals surface area contributed by atoms with Crippen LogP contribution in [-0.4, -0.2) is 13.2 Å². The molecule has 0 fully saturated rings. The Balaban J connectivity index is 1.62. The molecule has 0 radical (unpaired) electrons. The van der Waals surface area contributed by atoms with Crippen LogP contribution >= 0.6 is 0 Å². The molecule has 0 aliphatic carbocycles. The molecular weight excluding hydrogens is 396 g/mol. The SMILES string of the molecule is CCCCCCCCCCOc1ccc(N=Nc2ccc(OCCCCCC)cc2)cc1. The van der Waals surface area contributed by atoms with Gasteiger partial charge in [0.05, 0.1) is 24.6 Å². The first-order valence-electron chi connectivity index (χ1n) is 12.7. The second-order valence-corrected chi connectivity index (χ2v) is 8.42. The molecule has 0 amide bonds. The predicted octanol–water partition coefficient (Wildman–Crippen LogP) is 9.58. The fourth-order valence-corrected chi connectivity index (χ4v) is 3.48. The molecule has 0 saturated heterocycles. The van der Waals surface area contributed by atoms with Crippen LogP contribution in [0.1, 0.15) is 90.9 Å². The first-order valence-corrected chi connectivity index (χ1v) is 12.7. The van der Waals surface area contributed by atoms with Crippen LogP contribution in [0.5, 0.6) is 11.5 Å². The third-order valence-electron chi connectivity index (χ3n) is 5.49. The summed E-state index contributed by atoms with van der Waals surface area (Å²) in [4.78, 5) is 0. The lowest BCUT2D eigenvalue weighted by Crippen LogP contribution is -1.96. The standard InChI is InChI=1S/C28H42N2O2/c1-3-5-7-9-10-11-12-14-24-32-28-21-17-26(18-22-28)30-29-25-15-19-27(20-16-25)31-23-13-8-6-4-2/h15-22H,3-14,23-24H2,1-2H3. The lowest BCUT2D eigenvalue weighted by Gasteiger charge is -2.06. The Kier molecular flexibility index (Phi) is 13.9. The minimum atomic E-state index is 0.772. The van der Waals surface area contributed by atoms with Crippen molar-refractivity contribution in [3.05, 3.63) is 48.5 Å². The second kappa shape index (κ2) is 17.2. The summed E-state index contributed by atoms with van der Waals surface area (Å²) in [6, 6.07) is 15.6. The van der Waals surface area contributed by atoms with Crippen molar-refractivity contribution in [3.8, 4) is 11.5 Å². The molecule has 0 unspecified atom stereocenters. The van der Waals surface area contributed by atoms with Crippen molar-refractivity contribution < 1.29 is 9.47 Å². The van der Waals surface area contributed by atoms with E-state index in [9.17, 15) is 0 Å². The second-order valence-electron chi connectivity index (χ2n) is 8.42. The van der Waals surface area contributed by atoms with Crippen LogP contribution in [0.3, 0.4) is 0 Å². The van der Waals surface area contributed by atoms with E-state index in [1.54, 1.807) is 0 Å². The van der Waals surface area contributed by atoms with Gasteiger partial charge in [0.15, 0.2) is 0 Å². The molecule has 0 atom stereocenters. The Hall–Kier alpha value is -2.36. The van der Waals surface area contributed by atoms with Crippen molar-refractivity contribution in [2.75, 3.05) is 13.2 Å². The third kappa shape index (κ3) is 11.9. The molecular formula is C28H42N2O2. The van der Waals surface area contributed by atoms with Crippen molar-refractivity contribution in [1.82, 2.24) is 0 Å². The molecule has 4 nitrogen and oxygen atoms in total. The molecule has 2 aromatic rings. The minimum absolute atomic E-state index is 0.772. The Bertz CT molecular complexity index is 726. The molecule has 0 spiro atoms. The van der Waals surface area contributed by atoms with Gasteiger partial charge in [0.25, 0.3) is 0 Å². The fraction of sp³-hybridized carbons (Fsp3) is 0.571. The minimum Gasteiger partial charge on any atom is -0.494 e. The summed E-state index contributed by atoms with van der Waals surface area (Å²) in [6.45, 7) is 6.03. The first-order chi connectivity index (χ1) is 15.8. The largest absolute Gasteiger partial charge is 0.494 e. The molecule has 0 aromatic heterocycles. The highest BCUT2D eigenvalue weighted by molar-refractivity contribution is 5.44. The van der Waals surface area contributed by atoms with Crippen LogP contribution in [0.25, 0.3) is 0 Å². The van der Waals surface area contributed by atoms with Gasteiger partial charge in [-0.25, -0.2) is 0 Å². The predicted molar refractivity (Wildman–Crippen MR) is 135 cm³/mol. The summed E-state index contributed by atoms with van der Waals surface area (Å²) in [5.74, 6) is 1.78. The number of hydrogen-bond acceptors (Lipinski definition) is 4. The summed E-state index contributed by atoms with van der Waals surface area (Å²) in [5, 5.41) is 8.64. The van der Waals surface area contributed by atoms with Crippen LogP contribution in [0, 0.1) is 0 Å². The van der Waals surface area contributed by atoms with Crippen LogP contribution < -0.4 is 9.47 Å². The van der Waals surface area contributed by atoms with Gasteiger partial charge >= 0.3 is 0 Å². The highest BCUT2D eigenvalue weighted by atomic mass is 16.5. The Morgan fingerprint density at radius 2 is 0.812 bits per heavy atom. The quantitative estimate of drug-likeness (QED) is 0.172. The van der Waals surface area contributed by atoms with Crippen LogP contribution in [-0.2, 0) is 0 Å².